The third-order valence-corrected chi connectivity index (χ3v) is 5.72. The number of rotatable bonds is 7. The molecular weight excluding hydrogens is 425 g/mol. The number of carbonyl (C=O) groups is 1. The van der Waals surface area contributed by atoms with Crippen molar-refractivity contribution in [3.05, 3.63) is 65.7 Å². The van der Waals surface area contributed by atoms with E-state index < -0.39 is 0 Å². The van der Waals surface area contributed by atoms with Crippen molar-refractivity contribution in [2.45, 2.75) is 19.9 Å². The highest BCUT2D eigenvalue weighted by Crippen LogP contribution is 2.13. The molecule has 0 aromatic heterocycles. The molecule has 1 amide bonds. The fourth-order valence-corrected chi connectivity index (χ4v) is 3.90. The lowest BCUT2D eigenvalue weighted by Gasteiger charge is -2.34. The Bertz CT molecular complexity index is 708. The molecule has 0 bridgehead atoms. The van der Waals surface area contributed by atoms with Gasteiger partial charge in [0, 0.05) is 44.2 Å². The van der Waals surface area contributed by atoms with Gasteiger partial charge in [-0.05, 0) is 37.6 Å². The molecule has 0 saturated carbocycles. The second-order valence-electron chi connectivity index (χ2n) is 7.08. The Morgan fingerprint density at radius 2 is 1.55 bits per heavy atom. The second kappa shape index (κ2) is 13.9. The van der Waals surface area contributed by atoms with Crippen molar-refractivity contribution in [1.82, 2.24) is 9.80 Å². The van der Waals surface area contributed by atoms with Gasteiger partial charge in [-0.15, -0.1) is 24.8 Å². The molecule has 0 radical (unpaired) electrons. The first-order chi connectivity index (χ1) is 13.2. The Morgan fingerprint density at radius 3 is 2.21 bits per heavy atom. The van der Waals surface area contributed by atoms with Gasteiger partial charge in [0.25, 0.3) is 5.24 Å². The highest BCUT2D eigenvalue weighted by atomic mass is 35.5. The summed E-state index contributed by atoms with van der Waals surface area (Å²) >= 11 is 1.38. The molecule has 0 atom stereocenters. The van der Waals surface area contributed by atoms with Crippen molar-refractivity contribution >= 4 is 47.5 Å². The van der Waals surface area contributed by atoms with Gasteiger partial charge in [0.1, 0.15) is 0 Å². The van der Waals surface area contributed by atoms with Gasteiger partial charge in [-0.2, -0.15) is 0 Å². The van der Waals surface area contributed by atoms with Gasteiger partial charge in [0.2, 0.25) is 0 Å². The second-order valence-corrected chi connectivity index (χ2v) is 8.15. The minimum Gasteiger partial charge on any atom is -0.317 e. The average Bonchev–Trinajstić information content (AvgIpc) is 2.69. The van der Waals surface area contributed by atoms with Crippen molar-refractivity contribution in [1.29, 1.82) is 0 Å². The molecule has 0 spiro atoms. The Balaban J connectivity index is 0.00000210. The number of benzene rings is 2. The quantitative estimate of drug-likeness (QED) is 0.573. The van der Waals surface area contributed by atoms with E-state index in [0.29, 0.717) is 0 Å². The number of carbonyl (C=O) groups excluding carboxylic acids is 1. The summed E-state index contributed by atoms with van der Waals surface area (Å²) in [6.45, 7) is 8.73. The number of anilines is 1. The van der Waals surface area contributed by atoms with E-state index in [0.717, 1.165) is 57.1 Å². The molecule has 1 fully saturated rings. The van der Waals surface area contributed by atoms with Gasteiger partial charge in [-0.3, -0.25) is 9.69 Å². The zero-order valence-corrected chi connectivity index (χ0v) is 19.3. The van der Waals surface area contributed by atoms with Crippen LogP contribution in [0.25, 0.3) is 0 Å². The minimum atomic E-state index is 0. The summed E-state index contributed by atoms with van der Waals surface area (Å²) < 4.78 is 0. The predicted molar refractivity (Wildman–Crippen MR) is 130 cm³/mol. The maximum Gasteiger partial charge on any atom is 0.283 e. The average molecular weight is 456 g/mol. The van der Waals surface area contributed by atoms with E-state index in [1.54, 1.807) is 0 Å². The Morgan fingerprint density at radius 1 is 0.931 bits per heavy atom. The summed E-state index contributed by atoms with van der Waals surface area (Å²) in [5.74, 6) is 0.863. The molecule has 3 rings (SSSR count). The van der Waals surface area contributed by atoms with Crippen LogP contribution in [-0.2, 0) is 6.54 Å². The first-order valence-electron chi connectivity index (χ1n) is 9.68. The normalized spacial score (nSPS) is 14.5. The van der Waals surface area contributed by atoms with Crippen molar-refractivity contribution in [3.8, 4) is 0 Å². The summed E-state index contributed by atoms with van der Waals surface area (Å²) in [4.78, 5) is 17.0. The number of aryl methyl sites for hydroxylation is 1. The van der Waals surface area contributed by atoms with Crippen LogP contribution in [0.15, 0.2) is 54.6 Å². The zero-order chi connectivity index (χ0) is 18.9. The standard InChI is InChI=1S/C22H29N3OS.2ClH/c1-19-8-10-20(11-9-19)18-25-15-13-24(14-16-25)12-5-17-27-22(26)23-21-6-3-2-4-7-21;;/h2-4,6-11H,5,12-18H2,1H3,(H,23,26);2*1H. The van der Waals surface area contributed by atoms with E-state index in [4.69, 9.17) is 0 Å². The molecule has 0 unspecified atom stereocenters. The number of nitrogens with zero attached hydrogens (tertiary/aromatic N) is 2. The molecule has 1 saturated heterocycles. The molecule has 2 aromatic rings. The molecule has 160 valence electrons. The van der Waals surface area contributed by atoms with Gasteiger partial charge in [0.05, 0.1) is 0 Å². The van der Waals surface area contributed by atoms with Crippen molar-refractivity contribution in [3.63, 3.8) is 0 Å². The summed E-state index contributed by atoms with van der Waals surface area (Å²) in [6, 6.07) is 18.5. The maximum absolute atomic E-state index is 11.9. The molecule has 29 heavy (non-hydrogen) atoms. The minimum absolute atomic E-state index is 0. The van der Waals surface area contributed by atoms with E-state index in [1.807, 2.05) is 30.3 Å². The largest absolute Gasteiger partial charge is 0.317 e. The van der Waals surface area contributed by atoms with Crippen LogP contribution in [0.3, 0.4) is 0 Å². The van der Waals surface area contributed by atoms with E-state index >= 15 is 0 Å². The van der Waals surface area contributed by atoms with Gasteiger partial charge in [-0.1, -0.05) is 59.8 Å². The van der Waals surface area contributed by atoms with E-state index in [9.17, 15) is 4.79 Å². The van der Waals surface area contributed by atoms with Crippen LogP contribution in [-0.4, -0.2) is 53.5 Å². The van der Waals surface area contributed by atoms with Crippen molar-refractivity contribution in [2.24, 2.45) is 0 Å². The van der Waals surface area contributed by atoms with Gasteiger partial charge in [-0.25, -0.2) is 0 Å². The van der Waals surface area contributed by atoms with Crippen LogP contribution in [0, 0.1) is 6.92 Å². The predicted octanol–water partition coefficient (Wildman–Crippen LogP) is 5.31. The molecular formula is C22H31Cl2N3OS. The Hall–Kier alpha value is -1.24. The molecule has 2 aromatic carbocycles. The molecule has 1 heterocycles. The lowest BCUT2D eigenvalue weighted by molar-refractivity contribution is 0.127. The summed E-state index contributed by atoms with van der Waals surface area (Å²) in [7, 11) is 0. The fraction of sp³-hybridized carbons (Fsp3) is 0.409. The summed E-state index contributed by atoms with van der Waals surface area (Å²) in [5.41, 5.74) is 3.58. The summed E-state index contributed by atoms with van der Waals surface area (Å²) in [6.07, 6.45) is 1.05. The van der Waals surface area contributed by atoms with Crippen molar-refractivity contribution in [2.75, 3.05) is 43.8 Å². The highest BCUT2D eigenvalue weighted by Gasteiger charge is 2.16. The van der Waals surface area contributed by atoms with Crippen LogP contribution >= 0.6 is 36.6 Å². The number of para-hydroxylation sites is 1. The maximum atomic E-state index is 11.9. The van der Waals surface area contributed by atoms with Crippen LogP contribution in [0.1, 0.15) is 17.5 Å². The van der Waals surface area contributed by atoms with Crippen molar-refractivity contribution < 1.29 is 4.79 Å². The van der Waals surface area contributed by atoms with E-state index in [1.165, 1.54) is 22.9 Å². The van der Waals surface area contributed by atoms with Crippen LogP contribution in [0.4, 0.5) is 10.5 Å². The third-order valence-electron chi connectivity index (χ3n) is 4.86. The van der Waals surface area contributed by atoms with Crippen LogP contribution < -0.4 is 5.32 Å². The number of halogens is 2. The zero-order valence-electron chi connectivity index (χ0n) is 16.9. The number of nitrogens with one attached hydrogen (secondary N) is 1. The molecule has 7 heteroatoms. The molecule has 0 aliphatic carbocycles. The molecule has 1 aliphatic rings. The fourth-order valence-electron chi connectivity index (χ4n) is 3.25. The monoisotopic (exact) mass is 455 g/mol. The first-order valence-corrected chi connectivity index (χ1v) is 10.7. The van der Waals surface area contributed by atoms with Gasteiger partial charge >= 0.3 is 0 Å². The number of thioether (sulfide) groups is 1. The smallest absolute Gasteiger partial charge is 0.283 e. The number of hydrogen-bond acceptors (Lipinski definition) is 4. The van der Waals surface area contributed by atoms with E-state index in [2.05, 4.69) is 46.3 Å². The number of piperazine rings is 1. The lowest BCUT2D eigenvalue weighted by Crippen LogP contribution is -2.46. The van der Waals surface area contributed by atoms with Gasteiger partial charge in [0.15, 0.2) is 0 Å². The lowest BCUT2D eigenvalue weighted by atomic mass is 10.1. The Kier molecular flexibility index (Phi) is 12.4. The van der Waals surface area contributed by atoms with Gasteiger partial charge < -0.3 is 10.2 Å². The number of amides is 1. The molecule has 1 N–H and O–H groups in total. The summed E-state index contributed by atoms with van der Waals surface area (Å²) in [5, 5.41) is 2.95. The number of hydrogen-bond donors (Lipinski definition) is 1. The van der Waals surface area contributed by atoms with Crippen LogP contribution in [0.2, 0.25) is 0 Å². The topological polar surface area (TPSA) is 35.6 Å². The molecule has 1 aliphatic heterocycles. The van der Waals surface area contributed by atoms with Crippen LogP contribution in [0.5, 0.6) is 0 Å². The molecule has 4 nitrogen and oxygen atoms in total. The highest BCUT2D eigenvalue weighted by molar-refractivity contribution is 8.13. The Labute approximate surface area is 191 Å². The third kappa shape index (κ3) is 9.41. The first kappa shape index (κ1) is 25.8. The van der Waals surface area contributed by atoms with E-state index in [-0.39, 0.29) is 30.1 Å². The SMILES string of the molecule is Cc1ccc(CN2CCN(CCCSC(=O)Nc3ccccc3)CC2)cc1.Cl.Cl.